The molecule has 1 aliphatic rings. The molecule has 7 heteroatoms. The molecule has 29 heavy (non-hydrogen) atoms. The van der Waals surface area contributed by atoms with Crippen molar-refractivity contribution in [1.82, 2.24) is 15.5 Å². The summed E-state index contributed by atoms with van der Waals surface area (Å²) in [4.78, 5) is 14.9. The topological polar surface area (TPSA) is 68.2 Å². The molecule has 0 saturated carbocycles. The summed E-state index contributed by atoms with van der Waals surface area (Å²) in [5, 5.41) is 15.4. The summed E-state index contributed by atoms with van der Waals surface area (Å²) in [7, 11) is 0. The molecule has 1 aliphatic heterocycles. The third-order valence-corrected chi connectivity index (χ3v) is 6.16. The monoisotopic (exact) mass is 406 g/mol. The van der Waals surface area contributed by atoms with Crippen LogP contribution in [0, 0.1) is 28.9 Å². The molecule has 0 bridgehead atoms. The Morgan fingerprint density at radius 2 is 1.83 bits per heavy atom. The zero-order valence-electron chi connectivity index (χ0n) is 18.0. The van der Waals surface area contributed by atoms with E-state index in [1.807, 2.05) is 27.7 Å². The number of carbonyl (C=O) groups excluding carboxylic acids is 1. The lowest BCUT2D eigenvalue weighted by atomic mass is 9.86. The van der Waals surface area contributed by atoms with Crippen molar-refractivity contribution < 1.29 is 13.6 Å². The van der Waals surface area contributed by atoms with E-state index in [-0.39, 0.29) is 18.4 Å². The summed E-state index contributed by atoms with van der Waals surface area (Å²) < 4.78 is 27.4. The molecule has 0 aliphatic carbocycles. The summed E-state index contributed by atoms with van der Waals surface area (Å²) >= 11 is 0. The Kier molecular flexibility index (Phi) is 7.36. The van der Waals surface area contributed by atoms with Crippen molar-refractivity contribution >= 4 is 5.91 Å². The van der Waals surface area contributed by atoms with Crippen LogP contribution < -0.4 is 10.6 Å². The molecule has 2 rings (SSSR count). The molecule has 0 spiro atoms. The minimum Gasteiger partial charge on any atom is -0.337 e. The van der Waals surface area contributed by atoms with Gasteiger partial charge in [0, 0.05) is 5.54 Å². The summed E-state index contributed by atoms with van der Waals surface area (Å²) in [5.74, 6) is -2.18. The van der Waals surface area contributed by atoms with Gasteiger partial charge in [-0.05, 0) is 70.3 Å². The van der Waals surface area contributed by atoms with Crippen molar-refractivity contribution in [3.05, 3.63) is 35.4 Å². The van der Waals surface area contributed by atoms with E-state index in [0.29, 0.717) is 5.56 Å². The van der Waals surface area contributed by atoms with Crippen molar-refractivity contribution in [3.8, 4) is 6.07 Å². The maximum Gasteiger partial charge on any atom is 0.235 e. The van der Waals surface area contributed by atoms with Gasteiger partial charge in [-0.15, -0.1) is 0 Å². The second-order valence-electron chi connectivity index (χ2n) is 8.85. The quantitative estimate of drug-likeness (QED) is 0.693. The fourth-order valence-corrected chi connectivity index (χ4v) is 3.77. The van der Waals surface area contributed by atoms with Crippen molar-refractivity contribution in [3.63, 3.8) is 0 Å². The smallest absolute Gasteiger partial charge is 0.235 e. The number of likely N-dealkylation sites (tertiary alicyclic amines) is 1. The lowest BCUT2D eigenvalue weighted by Crippen LogP contribution is -2.55. The van der Waals surface area contributed by atoms with E-state index in [2.05, 4.69) is 21.6 Å². The van der Waals surface area contributed by atoms with Gasteiger partial charge >= 0.3 is 0 Å². The van der Waals surface area contributed by atoms with Gasteiger partial charge < -0.3 is 5.32 Å². The third-order valence-electron chi connectivity index (χ3n) is 6.16. The predicted octanol–water partition coefficient (Wildman–Crippen LogP) is 3.52. The van der Waals surface area contributed by atoms with Gasteiger partial charge in [0.25, 0.3) is 0 Å². The molecule has 2 N–H and O–H groups in total. The lowest BCUT2D eigenvalue weighted by molar-refractivity contribution is -0.122. The fraction of sp³-hybridized carbons (Fsp3) is 0.636. The van der Waals surface area contributed by atoms with Crippen LogP contribution in [0.2, 0.25) is 0 Å². The largest absolute Gasteiger partial charge is 0.337 e. The Hall–Kier alpha value is -2.04. The normalized spacial score (nSPS) is 18.3. The van der Waals surface area contributed by atoms with Gasteiger partial charge in [-0.25, -0.2) is 8.78 Å². The van der Waals surface area contributed by atoms with E-state index in [9.17, 15) is 18.8 Å². The molecule has 1 amide bonds. The molecular weight excluding hydrogens is 374 g/mol. The van der Waals surface area contributed by atoms with Crippen LogP contribution in [0.3, 0.4) is 0 Å². The number of benzene rings is 1. The zero-order valence-corrected chi connectivity index (χ0v) is 18.0. The molecule has 2 atom stereocenters. The summed E-state index contributed by atoms with van der Waals surface area (Å²) in [6.45, 7) is 11.3. The number of carbonyl (C=O) groups is 1. The van der Waals surface area contributed by atoms with E-state index < -0.39 is 28.8 Å². The summed E-state index contributed by atoms with van der Waals surface area (Å²) in [6.07, 6.45) is 2.17. The van der Waals surface area contributed by atoms with E-state index in [1.54, 1.807) is 13.0 Å². The number of halogens is 2. The molecule has 1 saturated heterocycles. The number of amides is 1. The average Bonchev–Trinajstić information content (AvgIpc) is 3.20. The van der Waals surface area contributed by atoms with Crippen LogP contribution in [0.15, 0.2) is 18.2 Å². The Balaban J connectivity index is 2.23. The first-order chi connectivity index (χ1) is 13.5. The number of nitrogens with zero attached hydrogens (tertiary/aromatic N) is 2. The van der Waals surface area contributed by atoms with E-state index in [0.717, 1.165) is 32.0 Å². The summed E-state index contributed by atoms with van der Waals surface area (Å²) in [6, 6.07) is 5.62. The lowest BCUT2D eigenvalue weighted by Gasteiger charge is -2.43. The molecular formula is C22H32F2N4O. The molecule has 1 heterocycles. The van der Waals surface area contributed by atoms with Crippen LogP contribution >= 0.6 is 0 Å². The molecule has 0 aromatic heterocycles. The molecule has 0 radical (unpaired) electrons. The maximum absolute atomic E-state index is 13.9. The number of rotatable bonds is 8. The number of nitriles is 1. The van der Waals surface area contributed by atoms with Crippen molar-refractivity contribution in [2.75, 3.05) is 19.6 Å². The number of hydrogen-bond donors (Lipinski definition) is 2. The second-order valence-corrected chi connectivity index (χ2v) is 8.85. The van der Waals surface area contributed by atoms with Gasteiger partial charge in [-0.2, -0.15) is 5.26 Å². The zero-order chi connectivity index (χ0) is 21.8. The van der Waals surface area contributed by atoms with Gasteiger partial charge in [0.1, 0.15) is 5.54 Å². The van der Waals surface area contributed by atoms with Gasteiger partial charge in [0.2, 0.25) is 5.91 Å². The van der Waals surface area contributed by atoms with Crippen LogP contribution in [-0.4, -0.2) is 41.5 Å². The summed E-state index contributed by atoms with van der Waals surface area (Å²) in [5.41, 5.74) is -0.807. The molecule has 2 unspecified atom stereocenters. The molecule has 1 aromatic rings. The first-order valence-electron chi connectivity index (χ1n) is 10.2. The van der Waals surface area contributed by atoms with E-state index >= 15 is 0 Å². The SMILES string of the molecule is CC(C)C(C)(C#N)NC(=O)CNC(c1ccc(F)c(F)c1)C(C)(C)N1CCCC1. The average molecular weight is 407 g/mol. The van der Waals surface area contributed by atoms with Gasteiger partial charge in [-0.3, -0.25) is 15.0 Å². The Labute approximate surface area is 172 Å². The first kappa shape index (κ1) is 23.2. The Morgan fingerprint density at radius 3 is 2.34 bits per heavy atom. The maximum atomic E-state index is 13.9. The van der Waals surface area contributed by atoms with Crippen molar-refractivity contribution in [2.24, 2.45) is 5.92 Å². The van der Waals surface area contributed by atoms with Crippen molar-refractivity contribution in [1.29, 1.82) is 5.26 Å². The Bertz CT molecular complexity index is 769. The highest BCUT2D eigenvalue weighted by atomic mass is 19.2. The molecule has 160 valence electrons. The van der Waals surface area contributed by atoms with Crippen LogP contribution in [0.4, 0.5) is 8.78 Å². The van der Waals surface area contributed by atoms with Gasteiger partial charge in [0.05, 0.1) is 18.7 Å². The minimum absolute atomic E-state index is 0.0368. The third kappa shape index (κ3) is 5.31. The van der Waals surface area contributed by atoms with Crippen LogP contribution in [-0.2, 0) is 4.79 Å². The van der Waals surface area contributed by atoms with Crippen LogP contribution in [0.25, 0.3) is 0 Å². The molecule has 5 nitrogen and oxygen atoms in total. The highest BCUT2D eigenvalue weighted by Gasteiger charge is 2.38. The number of nitrogens with one attached hydrogen (secondary N) is 2. The van der Waals surface area contributed by atoms with Crippen LogP contribution in [0.5, 0.6) is 0 Å². The fourth-order valence-electron chi connectivity index (χ4n) is 3.77. The standard InChI is InChI=1S/C22H32F2N4O/c1-15(2)22(5,14-25)27-19(29)13-26-20(16-8-9-17(23)18(24)12-16)21(3,4)28-10-6-7-11-28/h8-9,12,15,20,26H,6-7,10-11,13H2,1-5H3,(H,27,29). The first-order valence-corrected chi connectivity index (χ1v) is 10.2. The van der Waals surface area contributed by atoms with Gasteiger partial charge in [-0.1, -0.05) is 19.9 Å². The second kappa shape index (κ2) is 9.19. The highest BCUT2D eigenvalue weighted by Crippen LogP contribution is 2.34. The highest BCUT2D eigenvalue weighted by molar-refractivity contribution is 5.79. The van der Waals surface area contributed by atoms with E-state index in [4.69, 9.17) is 0 Å². The van der Waals surface area contributed by atoms with Gasteiger partial charge in [0.15, 0.2) is 11.6 Å². The minimum atomic E-state index is -0.972. The van der Waals surface area contributed by atoms with Crippen molar-refractivity contribution in [2.45, 2.75) is 64.6 Å². The molecule has 1 aromatic carbocycles. The predicted molar refractivity (Wildman–Crippen MR) is 109 cm³/mol. The Morgan fingerprint density at radius 1 is 1.21 bits per heavy atom. The number of hydrogen-bond acceptors (Lipinski definition) is 4. The van der Waals surface area contributed by atoms with E-state index in [1.165, 1.54) is 6.07 Å². The molecule has 1 fully saturated rings. The van der Waals surface area contributed by atoms with Crippen LogP contribution in [0.1, 0.15) is 59.1 Å².